The number of halogens is 1. The van der Waals surface area contributed by atoms with E-state index in [4.69, 9.17) is 5.73 Å². The van der Waals surface area contributed by atoms with E-state index in [0.717, 1.165) is 5.75 Å². The lowest BCUT2D eigenvalue weighted by molar-refractivity contribution is 0.583. The summed E-state index contributed by atoms with van der Waals surface area (Å²) >= 11 is 1.59. The summed E-state index contributed by atoms with van der Waals surface area (Å²) in [7, 11) is -3.21. The van der Waals surface area contributed by atoms with E-state index in [1.807, 2.05) is 0 Å². The summed E-state index contributed by atoms with van der Waals surface area (Å²) in [4.78, 5) is 1.71. The molecule has 1 atom stereocenters. The van der Waals surface area contributed by atoms with Gasteiger partial charge in [-0.2, -0.15) is 11.8 Å². The molecule has 0 saturated carbocycles. The van der Waals surface area contributed by atoms with Gasteiger partial charge in [-0.05, 0) is 18.2 Å². The van der Waals surface area contributed by atoms with Crippen LogP contribution in [0.1, 0.15) is 0 Å². The van der Waals surface area contributed by atoms with Gasteiger partial charge >= 0.3 is 0 Å². The van der Waals surface area contributed by atoms with Crippen LogP contribution in [0.4, 0.5) is 15.8 Å². The second kappa shape index (κ2) is 4.97. The standard InChI is InChI=1S/C11H15FN2O2S2/c1-18(15,16)11-7-17-3-2-14(11)10-5-8(12)4-9(13)6-10/h4-6,11H,2-3,7,13H2,1H3. The average molecular weight is 290 g/mol. The molecule has 2 rings (SSSR count). The first-order chi connectivity index (χ1) is 8.38. The molecule has 0 amide bonds. The first-order valence-corrected chi connectivity index (χ1v) is 8.58. The van der Waals surface area contributed by atoms with Crippen LogP contribution in [0.15, 0.2) is 18.2 Å². The van der Waals surface area contributed by atoms with Crippen LogP contribution in [-0.4, -0.2) is 38.1 Å². The molecular formula is C11H15FN2O2S2. The molecular weight excluding hydrogens is 275 g/mol. The van der Waals surface area contributed by atoms with Crippen molar-refractivity contribution in [3.8, 4) is 0 Å². The highest BCUT2D eigenvalue weighted by molar-refractivity contribution is 8.01. The highest BCUT2D eigenvalue weighted by Gasteiger charge is 2.31. The average Bonchev–Trinajstić information content (AvgIpc) is 2.26. The van der Waals surface area contributed by atoms with Crippen molar-refractivity contribution < 1.29 is 12.8 Å². The van der Waals surface area contributed by atoms with Crippen LogP contribution < -0.4 is 10.6 Å². The molecule has 1 aromatic carbocycles. The molecule has 0 aliphatic carbocycles. The zero-order valence-electron chi connectivity index (χ0n) is 9.97. The van der Waals surface area contributed by atoms with Crippen LogP contribution in [0.25, 0.3) is 0 Å². The van der Waals surface area contributed by atoms with Gasteiger partial charge in [0, 0.05) is 35.7 Å². The van der Waals surface area contributed by atoms with Crippen LogP contribution in [0.5, 0.6) is 0 Å². The topological polar surface area (TPSA) is 63.4 Å². The summed E-state index contributed by atoms with van der Waals surface area (Å²) in [5, 5.41) is -0.613. The molecule has 0 radical (unpaired) electrons. The van der Waals surface area contributed by atoms with Crippen LogP contribution in [0, 0.1) is 5.82 Å². The van der Waals surface area contributed by atoms with E-state index in [9.17, 15) is 12.8 Å². The third kappa shape index (κ3) is 2.89. The van der Waals surface area contributed by atoms with Gasteiger partial charge in [0.1, 0.15) is 11.2 Å². The largest absolute Gasteiger partial charge is 0.399 e. The number of anilines is 2. The Kier molecular flexibility index (Phi) is 3.72. The fourth-order valence-corrected chi connectivity index (χ4v) is 4.83. The summed E-state index contributed by atoms with van der Waals surface area (Å²) in [5.41, 5.74) is 6.43. The fraction of sp³-hybridized carbons (Fsp3) is 0.455. The Hall–Kier alpha value is -0.950. The van der Waals surface area contributed by atoms with Gasteiger partial charge in [-0.25, -0.2) is 12.8 Å². The predicted octanol–water partition coefficient (Wildman–Crippen LogP) is 1.33. The van der Waals surface area contributed by atoms with Crippen LogP contribution in [-0.2, 0) is 9.84 Å². The minimum atomic E-state index is -3.21. The Bertz CT molecular complexity index is 528. The molecule has 1 unspecified atom stereocenters. The lowest BCUT2D eigenvalue weighted by Crippen LogP contribution is -2.47. The van der Waals surface area contributed by atoms with E-state index in [-0.39, 0.29) is 0 Å². The maximum atomic E-state index is 13.3. The molecule has 1 aromatic rings. The van der Waals surface area contributed by atoms with Gasteiger partial charge in [-0.15, -0.1) is 0 Å². The van der Waals surface area contributed by atoms with Gasteiger partial charge < -0.3 is 10.6 Å². The smallest absolute Gasteiger partial charge is 0.169 e. The highest BCUT2D eigenvalue weighted by Crippen LogP contribution is 2.28. The highest BCUT2D eigenvalue weighted by atomic mass is 32.2. The fourth-order valence-electron chi connectivity index (χ4n) is 1.99. The van der Waals surface area contributed by atoms with Crippen molar-refractivity contribution in [2.45, 2.75) is 5.37 Å². The van der Waals surface area contributed by atoms with E-state index in [1.54, 1.807) is 22.7 Å². The van der Waals surface area contributed by atoms with Gasteiger partial charge in [-0.1, -0.05) is 0 Å². The summed E-state index contributed by atoms with van der Waals surface area (Å²) in [6.45, 7) is 0.575. The number of benzene rings is 1. The molecule has 4 nitrogen and oxygen atoms in total. The Morgan fingerprint density at radius 1 is 1.44 bits per heavy atom. The normalized spacial score (nSPS) is 21.0. The van der Waals surface area contributed by atoms with Crippen LogP contribution in [0.2, 0.25) is 0 Å². The lowest BCUT2D eigenvalue weighted by Gasteiger charge is -2.36. The quantitative estimate of drug-likeness (QED) is 0.833. The van der Waals surface area contributed by atoms with E-state index in [0.29, 0.717) is 23.7 Å². The second-order valence-electron chi connectivity index (χ2n) is 4.30. The van der Waals surface area contributed by atoms with Crippen molar-refractivity contribution in [3.05, 3.63) is 24.0 Å². The first-order valence-electron chi connectivity index (χ1n) is 5.47. The van der Waals surface area contributed by atoms with Crippen LogP contribution in [0.3, 0.4) is 0 Å². The van der Waals surface area contributed by atoms with E-state index >= 15 is 0 Å². The first kappa shape index (κ1) is 13.5. The zero-order valence-corrected chi connectivity index (χ0v) is 11.6. The molecule has 1 aliphatic rings. The number of rotatable bonds is 2. The summed E-state index contributed by atoms with van der Waals surface area (Å²) in [6.07, 6.45) is 1.21. The van der Waals surface area contributed by atoms with E-state index < -0.39 is 21.0 Å². The summed E-state index contributed by atoms with van der Waals surface area (Å²) in [5.74, 6) is 0.869. The SMILES string of the molecule is CS(=O)(=O)C1CSCCN1c1cc(N)cc(F)c1. The Balaban J connectivity index is 2.40. The minimum Gasteiger partial charge on any atom is -0.399 e. The van der Waals surface area contributed by atoms with Crippen molar-refractivity contribution in [3.63, 3.8) is 0 Å². The van der Waals surface area contributed by atoms with Crippen molar-refractivity contribution in [1.82, 2.24) is 0 Å². The number of nitrogens with zero attached hydrogens (tertiary/aromatic N) is 1. The molecule has 7 heteroatoms. The molecule has 2 N–H and O–H groups in total. The number of hydrogen-bond acceptors (Lipinski definition) is 5. The third-order valence-electron chi connectivity index (χ3n) is 2.82. The van der Waals surface area contributed by atoms with Crippen molar-refractivity contribution in [1.29, 1.82) is 0 Å². The molecule has 1 aliphatic heterocycles. The molecule has 0 bridgehead atoms. The van der Waals surface area contributed by atoms with Crippen LogP contribution >= 0.6 is 11.8 Å². The monoisotopic (exact) mass is 290 g/mol. The molecule has 1 fully saturated rings. The number of nitrogens with two attached hydrogens (primary N) is 1. The molecule has 18 heavy (non-hydrogen) atoms. The Morgan fingerprint density at radius 2 is 2.17 bits per heavy atom. The summed E-state index contributed by atoms with van der Waals surface area (Å²) < 4.78 is 36.9. The van der Waals surface area contributed by atoms with Crippen molar-refractivity contribution >= 4 is 33.0 Å². The lowest BCUT2D eigenvalue weighted by atomic mass is 10.2. The number of hydrogen-bond donors (Lipinski definition) is 1. The Morgan fingerprint density at radius 3 is 2.78 bits per heavy atom. The zero-order chi connectivity index (χ0) is 13.3. The number of sulfone groups is 1. The third-order valence-corrected chi connectivity index (χ3v) is 5.46. The maximum absolute atomic E-state index is 13.3. The van der Waals surface area contributed by atoms with E-state index in [1.165, 1.54) is 18.4 Å². The van der Waals surface area contributed by atoms with Crippen molar-refractivity contribution in [2.75, 3.05) is 34.9 Å². The molecule has 0 aromatic heterocycles. The van der Waals surface area contributed by atoms with Gasteiger partial charge in [0.05, 0.1) is 0 Å². The van der Waals surface area contributed by atoms with Gasteiger partial charge in [0.15, 0.2) is 9.84 Å². The number of nitrogen functional groups attached to an aromatic ring is 1. The maximum Gasteiger partial charge on any atom is 0.169 e. The second-order valence-corrected chi connectivity index (χ2v) is 7.65. The van der Waals surface area contributed by atoms with Crippen molar-refractivity contribution in [2.24, 2.45) is 0 Å². The molecule has 1 saturated heterocycles. The Labute approximate surface area is 110 Å². The summed E-state index contributed by atoms with van der Waals surface area (Å²) in [6, 6.07) is 4.15. The van der Waals surface area contributed by atoms with Gasteiger partial charge in [0.2, 0.25) is 0 Å². The predicted molar refractivity (Wildman–Crippen MR) is 74.1 cm³/mol. The molecule has 1 heterocycles. The molecule has 100 valence electrons. The van der Waals surface area contributed by atoms with Gasteiger partial charge in [-0.3, -0.25) is 0 Å². The van der Waals surface area contributed by atoms with Gasteiger partial charge in [0.25, 0.3) is 0 Å². The molecule has 0 spiro atoms. The minimum absolute atomic E-state index is 0.301. The van der Waals surface area contributed by atoms with E-state index in [2.05, 4.69) is 0 Å². The number of thioether (sulfide) groups is 1.